The Kier molecular flexibility index (Phi) is 3.64. The van der Waals surface area contributed by atoms with E-state index in [1.54, 1.807) is 14.2 Å². The molecule has 1 aliphatic rings. The van der Waals surface area contributed by atoms with E-state index in [9.17, 15) is 4.79 Å². The van der Waals surface area contributed by atoms with Crippen LogP contribution in [0.15, 0.2) is 18.2 Å². The molecule has 1 atom stereocenters. The van der Waals surface area contributed by atoms with E-state index >= 15 is 0 Å². The summed E-state index contributed by atoms with van der Waals surface area (Å²) in [5, 5.41) is 3.34. The molecule has 1 saturated heterocycles. The molecule has 4 heteroatoms. The molecule has 0 radical (unpaired) electrons. The van der Waals surface area contributed by atoms with Crippen molar-refractivity contribution in [3.8, 4) is 11.5 Å². The molecule has 1 fully saturated rings. The van der Waals surface area contributed by atoms with E-state index in [4.69, 9.17) is 9.47 Å². The van der Waals surface area contributed by atoms with Crippen LogP contribution in [0.25, 0.3) is 0 Å². The lowest BCUT2D eigenvalue weighted by Crippen LogP contribution is -2.31. The molecule has 1 unspecified atom stereocenters. The van der Waals surface area contributed by atoms with Crippen LogP contribution in [0.5, 0.6) is 11.5 Å². The van der Waals surface area contributed by atoms with Gasteiger partial charge in [0, 0.05) is 25.4 Å². The van der Waals surface area contributed by atoms with Crippen LogP contribution in [-0.4, -0.2) is 26.5 Å². The largest absolute Gasteiger partial charge is 0.493 e. The second-order valence-electron chi connectivity index (χ2n) is 4.11. The first-order valence-electron chi connectivity index (χ1n) is 5.71. The number of benzene rings is 1. The maximum Gasteiger partial charge on any atom is 0.161 e. The van der Waals surface area contributed by atoms with Gasteiger partial charge in [-0.1, -0.05) is 6.07 Å². The minimum atomic E-state index is 0.0936. The Morgan fingerprint density at radius 1 is 1.24 bits per heavy atom. The second kappa shape index (κ2) is 5.19. The fraction of sp³-hybridized carbons (Fsp3) is 0.462. The number of piperidine rings is 1. The summed E-state index contributed by atoms with van der Waals surface area (Å²) >= 11 is 0. The molecule has 1 aliphatic heterocycles. The van der Waals surface area contributed by atoms with Crippen molar-refractivity contribution in [3.63, 3.8) is 0 Å². The molecule has 17 heavy (non-hydrogen) atoms. The smallest absolute Gasteiger partial charge is 0.161 e. The minimum absolute atomic E-state index is 0.0936. The molecule has 0 saturated carbocycles. The van der Waals surface area contributed by atoms with Crippen molar-refractivity contribution in [3.05, 3.63) is 23.8 Å². The van der Waals surface area contributed by atoms with Crippen molar-refractivity contribution >= 4 is 5.78 Å². The molecular formula is C13H17NO3. The normalized spacial score (nSPS) is 20.1. The van der Waals surface area contributed by atoms with Gasteiger partial charge in [0.1, 0.15) is 5.78 Å². The fourth-order valence-electron chi connectivity index (χ4n) is 2.09. The standard InChI is InChI=1S/C13H17NO3/c1-16-12-4-3-9(7-13(12)17-2)11-8-10(15)5-6-14-11/h3-4,7,11,14H,5-6,8H2,1-2H3. The third-order valence-corrected chi connectivity index (χ3v) is 3.04. The summed E-state index contributed by atoms with van der Waals surface area (Å²) in [7, 11) is 3.22. The Labute approximate surface area is 101 Å². The van der Waals surface area contributed by atoms with Crippen molar-refractivity contribution in [1.29, 1.82) is 0 Å². The highest BCUT2D eigenvalue weighted by Gasteiger charge is 2.21. The Morgan fingerprint density at radius 2 is 2.00 bits per heavy atom. The molecule has 0 aliphatic carbocycles. The third-order valence-electron chi connectivity index (χ3n) is 3.04. The van der Waals surface area contributed by atoms with Gasteiger partial charge in [-0.15, -0.1) is 0 Å². The molecule has 0 aromatic heterocycles. The van der Waals surface area contributed by atoms with Crippen molar-refractivity contribution in [1.82, 2.24) is 5.32 Å². The molecule has 1 aromatic carbocycles. The molecule has 0 spiro atoms. The number of ether oxygens (including phenoxy) is 2. The van der Waals surface area contributed by atoms with Gasteiger partial charge in [-0.2, -0.15) is 0 Å². The van der Waals surface area contributed by atoms with Gasteiger partial charge in [0.25, 0.3) is 0 Å². The van der Waals surface area contributed by atoms with Gasteiger partial charge in [-0.3, -0.25) is 4.79 Å². The van der Waals surface area contributed by atoms with Crippen LogP contribution in [0.3, 0.4) is 0 Å². The third kappa shape index (κ3) is 2.58. The topological polar surface area (TPSA) is 47.6 Å². The van der Waals surface area contributed by atoms with E-state index in [2.05, 4.69) is 5.32 Å². The highest BCUT2D eigenvalue weighted by atomic mass is 16.5. The molecule has 2 rings (SSSR count). The summed E-state index contributed by atoms with van der Waals surface area (Å²) in [6.45, 7) is 0.748. The van der Waals surface area contributed by atoms with Gasteiger partial charge in [0.2, 0.25) is 0 Å². The van der Waals surface area contributed by atoms with Crippen LogP contribution in [-0.2, 0) is 4.79 Å². The van der Waals surface area contributed by atoms with Crippen LogP contribution in [0.4, 0.5) is 0 Å². The first kappa shape index (κ1) is 11.9. The lowest BCUT2D eigenvalue weighted by molar-refractivity contribution is -0.120. The van der Waals surface area contributed by atoms with E-state index in [1.165, 1.54) is 0 Å². The van der Waals surface area contributed by atoms with Crippen LogP contribution in [0.1, 0.15) is 24.4 Å². The molecule has 0 amide bonds. The molecular weight excluding hydrogens is 218 g/mol. The van der Waals surface area contributed by atoms with Gasteiger partial charge in [0.05, 0.1) is 14.2 Å². The first-order valence-corrected chi connectivity index (χ1v) is 5.71. The zero-order chi connectivity index (χ0) is 12.3. The maximum atomic E-state index is 11.4. The summed E-state index contributed by atoms with van der Waals surface area (Å²) in [5.41, 5.74) is 1.07. The summed E-state index contributed by atoms with van der Waals surface area (Å²) in [6.07, 6.45) is 1.18. The van der Waals surface area contributed by atoms with Gasteiger partial charge < -0.3 is 14.8 Å². The van der Waals surface area contributed by atoms with E-state index < -0.39 is 0 Å². The average Bonchev–Trinajstić information content (AvgIpc) is 2.38. The minimum Gasteiger partial charge on any atom is -0.493 e. The van der Waals surface area contributed by atoms with Gasteiger partial charge in [-0.05, 0) is 17.7 Å². The lowest BCUT2D eigenvalue weighted by atomic mass is 9.96. The van der Waals surface area contributed by atoms with Gasteiger partial charge >= 0.3 is 0 Å². The van der Waals surface area contributed by atoms with Crippen molar-refractivity contribution in [2.45, 2.75) is 18.9 Å². The summed E-state index contributed by atoms with van der Waals surface area (Å²) < 4.78 is 10.4. The highest BCUT2D eigenvalue weighted by Crippen LogP contribution is 2.31. The van der Waals surface area contributed by atoms with E-state index in [0.29, 0.717) is 30.1 Å². The molecule has 1 heterocycles. The molecule has 1 N–H and O–H groups in total. The average molecular weight is 235 g/mol. The van der Waals surface area contributed by atoms with Crippen molar-refractivity contribution in [2.24, 2.45) is 0 Å². The number of nitrogens with one attached hydrogen (secondary N) is 1. The van der Waals surface area contributed by atoms with Gasteiger partial charge in [0.15, 0.2) is 11.5 Å². The van der Waals surface area contributed by atoms with Crippen LogP contribution in [0.2, 0.25) is 0 Å². The quantitative estimate of drug-likeness (QED) is 0.866. The van der Waals surface area contributed by atoms with E-state index in [1.807, 2.05) is 18.2 Å². The zero-order valence-electron chi connectivity index (χ0n) is 10.2. The molecule has 92 valence electrons. The monoisotopic (exact) mass is 235 g/mol. The summed E-state index contributed by atoms with van der Waals surface area (Å²) in [4.78, 5) is 11.4. The lowest BCUT2D eigenvalue weighted by Gasteiger charge is -2.23. The van der Waals surface area contributed by atoms with Crippen LogP contribution in [0, 0.1) is 0 Å². The van der Waals surface area contributed by atoms with Crippen molar-refractivity contribution < 1.29 is 14.3 Å². The number of carbonyl (C=O) groups is 1. The number of carbonyl (C=O) groups excluding carboxylic acids is 1. The van der Waals surface area contributed by atoms with E-state index in [0.717, 1.165) is 12.1 Å². The SMILES string of the molecule is COc1ccc(C2CC(=O)CCN2)cc1OC. The van der Waals surface area contributed by atoms with E-state index in [-0.39, 0.29) is 6.04 Å². The summed E-state index contributed by atoms with van der Waals surface area (Å²) in [6, 6.07) is 5.86. The van der Waals surface area contributed by atoms with Gasteiger partial charge in [-0.25, -0.2) is 0 Å². The Hall–Kier alpha value is -1.55. The van der Waals surface area contributed by atoms with Crippen LogP contribution >= 0.6 is 0 Å². The Morgan fingerprint density at radius 3 is 2.65 bits per heavy atom. The first-order chi connectivity index (χ1) is 8.24. The number of hydrogen-bond acceptors (Lipinski definition) is 4. The zero-order valence-corrected chi connectivity index (χ0v) is 10.2. The molecule has 0 bridgehead atoms. The number of methoxy groups -OCH3 is 2. The number of hydrogen-bond donors (Lipinski definition) is 1. The predicted octanol–water partition coefficient (Wildman–Crippen LogP) is 1.70. The second-order valence-corrected chi connectivity index (χ2v) is 4.11. The molecule has 4 nitrogen and oxygen atoms in total. The maximum absolute atomic E-state index is 11.4. The summed E-state index contributed by atoms with van der Waals surface area (Å²) in [5.74, 6) is 1.71. The fourth-order valence-corrected chi connectivity index (χ4v) is 2.09. The predicted molar refractivity (Wildman–Crippen MR) is 64.5 cm³/mol. The van der Waals surface area contributed by atoms with Crippen molar-refractivity contribution in [2.75, 3.05) is 20.8 Å². The highest BCUT2D eigenvalue weighted by molar-refractivity contribution is 5.80. The van der Waals surface area contributed by atoms with Crippen LogP contribution < -0.4 is 14.8 Å². The number of rotatable bonds is 3. The Bertz CT molecular complexity index is 417. The Balaban J connectivity index is 2.23. The molecule has 1 aromatic rings. The number of Topliss-reactive ketones (excluding diaryl/α,β-unsaturated/α-hetero) is 1. The number of ketones is 1.